The number of carboxylic acid groups (broad SMARTS) is 1. The van der Waals surface area contributed by atoms with Crippen LogP contribution in [0.2, 0.25) is 0 Å². The fourth-order valence-corrected chi connectivity index (χ4v) is 2.60. The third-order valence-corrected chi connectivity index (χ3v) is 4.44. The summed E-state index contributed by atoms with van der Waals surface area (Å²) in [5, 5.41) is 9.08. The lowest BCUT2D eigenvalue weighted by molar-refractivity contribution is -0.139. The molecule has 0 aliphatic heterocycles. The number of nitrogens with zero attached hydrogens (tertiary/aromatic N) is 2. The molecule has 108 valence electrons. The quantitative estimate of drug-likeness (QED) is 0.631. The first-order valence-corrected chi connectivity index (χ1v) is 7.13. The molecule has 1 aromatic heterocycles. The van der Waals surface area contributed by atoms with Crippen LogP contribution in [0.4, 0.5) is 0 Å². The van der Waals surface area contributed by atoms with Crippen LogP contribution in [-0.2, 0) is 21.4 Å². The Morgan fingerprint density at radius 2 is 2.21 bits per heavy atom. The molecule has 0 spiro atoms. The number of hydrogen-bond acceptors (Lipinski definition) is 4. The molecule has 9 heteroatoms. The predicted octanol–water partition coefficient (Wildman–Crippen LogP) is -0.420. The number of nitrogens with one attached hydrogen (secondary N) is 2. The van der Waals surface area contributed by atoms with Crippen molar-refractivity contribution in [2.75, 3.05) is 7.05 Å². The third-order valence-electron chi connectivity index (χ3n) is 2.67. The number of rotatable bonds is 7. The number of aliphatic carboxylic acids is 1. The van der Waals surface area contributed by atoms with Crippen LogP contribution in [0.1, 0.15) is 19.5 Å². The number of hydrogen-bond donors (Lipinski definition) is 3. The second-order valence-corrected chi connectivity index (χ2v) is 6.17. The first-order valence-electron chi connectivity index (χ1n) is 5.69. The molecule has 0 aliphatic carbocycles. The van der Waals surface area contributed by atoms with E-state index in [1.165, 1.54) is 19.6 Å². The summed E-state index contributed by atoms with van der Waals surface area (Å²) in [7, 11) is -2.45. The van der Waals surface area contributed by atoms with E-state index in [9.17, 15) is 13.2 Å². The Balaban J connectivity index is 2.82. The lowest BCUT2D eigenvalue weighted by Gasteiger charge is -2.23. The largest absolute Gasteiger partial charge is 0.480 e. The van der Waals surface area contributed by atoms with E-state index in [1.54, 1.807) is 13.8 Å². The van der Waals surface area contributed by atoms with E-state index in [2.05, 4.69) is 14.7 Å². The summed E-state index contributed by atoms with van der Waals surface area (Å²) in [6, 6.07) is -1.51. The number of aromatic nitrogens is 2. The summed E-state index contributed by atoms with van der Waals surface area (Å²) in [6.45, 7) is 3.40. The Morgan fingerprint density at radius 1 is 1.58 bits per heavy atom. The van der Waals surface area contributed by atoms with Crippen LogP contribution in [-0.4, -0.2) is 52.9 Å². The van der Waals surface area contributed by atoms with E-state index >= 15 is 0 Å². The van der Waals surface area contributed by atoms with Gasteiger partial charge in [0.1, 0.15) is 6.04 Å². The molecular weight excluding hydrogens is 272 g/mol. The van der Waals surface area contributed by atoms with Gasteiger partial charge in [-0.25, -0.2) is 4.98 Å². The van der Waals surface area contributed by atoms with Crippen LogP contribution in [0.5, 0.6) is 0 Å². The minimum atomic E-state index is -3.84. The highest BCUT2D eigenvalue weighted by Gasteiger charge is 2.28. The molecule has 1 atom stereocenters. The van der Waals surface area contributed by atoms with E-state index in [0.29, 0.717) is 5.69 Å². The average molecular weight is 290 g/mol. The zero-order valence-electron chi connectivity index (χ0n) is 11.0. The molecule has 1 rings (SSSR count). The fraction of sp³-hybridized carbons (Fsp3) is 0.600. The molecule has 0 fully saturated rings. The van der Waals surface area contributed by atoms with Gasteiger partial charge in [-0.2, -0.15) is 17.4 Å². The van der Waals surface area contributed by atoms with Crippen molar-refractivity contribution in [1.82, 2.24) is 19.0 Å². The molecular formula is C10H18N4O4S. The number of H-pyrrole nitrogens is 1. The normalized spacial score (nSPS) is 13.9. The molecule has 0 bridgehead atoms. The third kappa shape index (κ3) is 4.30. The van der Waals surface area contributed by atoms with Crippen molar-refractivity contribution in [3.8, 4) is 0 Å². The van der Waals surface area contributed by atoms with Gasteiger partial charge in [-0.15, -0.1) is 0 Å². The van der Waals surface area contributed by atoms with E-state index < -0.39 is 22.2 Å². The molecule has 0 aliphatic rings. The summed E-state index contributed by atoms with van der Waals surface area (Å²) in [6.07, 6.45) is 2.86. The first kappa shape index (κ1) is 15.6. The minimum absolute atomic E-state index is 0.000495. The van der Waals surface area contributed by atoms with Gasteiger partial charge in [-0.3, -0.25) is 4.79 Å². The van der Waals surface area contributed by atoms with Crippen LogP contribution in [0, 0.1) is 0 Å². The van der Waals surface area contributed by atoms with Crippen LogP contribution >= 0.6 is 0 Å². The standard InChI is InChI=1S/C10H18N4O4S/c1-7(2)14(3)19(17,18)13-9(10(15)16)4-8-5-11-6-12-8/h5-7,9,13H,4H2,1-3H3,(H,11,12)(H,15,16)/t9-/m0/s1. The first-order chi connectivity index (χ1) is 8.74. The number of aromatic amines is 1. The summed E-state index contributed by atoms with van der Waals surface area (Å²) < 4.78 is 27.1. The van der Waals surface area contributed by atoms with Crippen molar-refractivity contribution in [2.24, 2.45) is 0 Å². The van der Waals surface area contributed by atoms with Gasteiger partial charge in [0, 0.05) is 31.4 Å². The maximum absolute atomic E-state index is 11.9. The summed E-state index contributed by atoms with van der Waals surface area (Å²) in [4.78, 5) is 17.6. The van der Waals surface area contributed by atoms with Crippen molar-refractivity contribution in [3.05, 3.63) is 18.2 Å². The Kier molecular flexibility index (Phi) is 5.04. The van der Waals surface area contributed by atoms with Gasteiger partial charge in [0.15, 0.2) is 0 Å². The van der Waals surface area contributed by atoms with Crippen LogP contribution in [0.25, 0.3) is 0 Å². The number of imidazole rings is 1. The molecule has 1 heterocycles. The van der Waals surface area contributed by atoms with Crippen LogP contribution < -0.4 is 4.72 Å². The average Bonchev–Trinajstić information content (AvgIpc) is 2.79. The van der Waals surface area contributed by atoms with Gasteiger partial charge in [-0.05, 0) is 13.8 Å². The molecule has 1 aromatic rings. The lowest BCUT2D eigenvalue weighted by Crippen LogP contribution is -2.49. The van der Waals surface area contributed by atoms with Crippen LogP contribution in [0.3, 0.4) is 0 Å². The van der Waals surface area contributed by atoms with E-state index in [0.717, 1.165) is 4.31 Å². The maximum atomic E-state index is 11.9. The lowest BCUT2D eigenvalue weighted by atomic mass is 10.2. The molecule has 3 N–H and O–H groups in total. The highest BCUT2D eigenvalue weighted by atomic mass is 32.2. The highest BCUT2D eigenvalue weighted by molar-refractivity contribution is 7.87. The smallest absolute Gasteiger partial charge is 0.322 e. The zero-order valence-corrected chi connectivity index (χ0v) is 11.8. The molecule has 0 amide bonds. The van der Waals surface area contributed by atoms with E-state index in [4.69, 9.17) is 5.11 Å². The van der Waals surface area contributed by atoms with Gasteiger partial charge >= 0.3 is 5.97 Å². The Labute approximate surface area is 112 Å². The molecule has 0 saturated heterocycles. The van der Waals surface area contributed by atoms with Gasteiger partial charge in [0.05, 0.1) is 6.33 Å². The summed E-state index contributed by atoms with van der Waals surface area (Å²) in [5.74, 6) is -1.24. The second kappa shape index (κ2) is 6.13. The number of carboxylic acids is 1. The van der Waals surface area contributed by atoms with Crippen molar-refractivity contribution < 1.29 is 18.3 Å². The van der Waals surface area contributed by atoms with Crippen molar-refractivity contribution >= 4 is 16.2 Å². The maximum Gasteiger partial charge on any atom is 0.322 e. The SMILES string of the molecule is CC(C)N(C)S(=O)(=O)N[C@@H](Cc1cnc[nH]1)C(=O)O. The van der Waals surface area contributed by atoms with E-state index in [1.807, 2.05) is 0 Å². The Hall–Kier alpha value is -1.45. The van der Waals surface area contributed by atoms with Crippen molar-refractivity contribution in [2.45, 2.75) is 32.4 Å². The van der Waals surface area contributed by atoms with Gasteiger partial charge in [-0.1, -0.05) is 0 Å². The topological polar surface area (TPSA) is 115 Å². The molecule has 19 heavy (non-hydrogen) atoms. The van der Waals surface area contributed by atoms with Crippen LogP contribution in [0.15, 0.2) is 12.5 Å². The monoisotopic (exact) mass is 290 g/mol. The molecule has 8 nitrogen and oxygen atoms in total. The van der Waals surface area contributed by atoms with E-state index in [-0.39, 0.29) is 12.5 Å². The Morgan fingerprint density at radius 3 is 2.63 bits per heavy atom. The fourth-order valence-electron chi connectivity index (χ4n) is 1.34. The molecule has 0 unspecified atom stereocenters. The molecule has 0 aromatic carbocycles. The highest BCUT2D eigenvalue weighted by Crippen LogP contribution is 2.05. The summed E-state index contributed by atoms with van der Waals surface area (Å²) >= 11 is 0. The number of carbonyl (C=O) groups is 1. The van der Waals surface area contributed by atoms with Crippen molar-refractivity contribution in [3.63, 3.8) is 0 Å². The zero-order chi connectivity index (χ0) is 14.6. The predicted molar refractivity (Wildman–Crippen MR) is 68.7 cm³/mol. The second-order valence-electron chi connectivity index (χ2n) is 4.40. The van der Waals surface area contributed by atoms with Gasteiger partial charge in [0.25, 0.3) is 10.2 Å². The van der Waals surface area contributed by atoms with Gasteiger partial charge < -0.3 is 10.1 Å². The Bertz CT molecular complexity index is 512. The van der Waals surface area contributed by atoms with Crippen molar-refractivity contribution in [1.29, 1.82) is 0 Å². The van der Waals surface area contributed by atoms with Gasteiger partial charge in [0.2, 0.25) is 0 Å². The minimum Gasteiger partial charge on any atom is -0.480 e. The summed E-state index contributed by atoms with van der Waals surface area (Å²) in [5.41, 5.74) is 0.544. The molecule has 0 saturated carbocycles. The molecule has 0 radical (unpaired) electrons.